The van der Waals surface area contributed by atoms with Crippen LogP contribution in [0.15, 0.2) is 35.3 Å². The van der Waals surface area contributed by atoms with Gasteiger partial charge in [0.1, 0.15) is 3.05 Å². The monoisotopic (exact) mass is 291 g/mol. The van der Waals surface area contributed by atoms with Crippen molar-refractivity contribution >= 4 is 37.4 Å². The number of benzene rings is 1. The van der Waals surface area contributed by atoms with Crippen LogP contribution >= 0.6 is 34.4 Å². The van der Waals surface area contributed by atoms with Crippen LogP contribution in [0.1, 0.15) is 5.56 Å². The maximum Gasteiger partial charge on any atom is 0.128 e. The molecule has 0 fully saturated rings. The van der Waals surface area contributed by atoms with Crippen LogP contribution in [0.4, 0.5) is 0 Å². The molecule has 0 spiro atoms. The fraction of sp³-hybridized carbons (Fsp3) is 0.222. The van der Waals surface area contributed by atoms with E-state index in [1.165, 1.54) is 5.56 Å². The van der Waals surface area contributed by atoms with Crippen LogP contribution in [0, 0.1) is 0 Å². The zero-order chi connectivity index (χ0) is 8.81. The van der Waals surface area contributed by atoms with E-state index in [1.807, 2.05) is 13.1 Å². The van der Waals surface area contributed by atoms with Gasteiger partial charge in [0.2, 0.25) is 0 Å². The molecule has 3 heteroatoms. The predicted molar refractivity (Wildman–Crippen MR) is 65.1 cm³/mol. The standard InChI is InChI=1S/C9H10INS/c1-11-9(10)12-7-8-5-3-2-4-6-8/h2-6H,7H2,1H3/b11-9+. The molecular formula is C9H10INS. The highest BCUT2D eigenvalue weighted by molar-refractivity contribution is 14.1. The van der Waals surface area contributed by atoms with E-state index in [-0.39, 0.29) is 0 Å². The molecule has 0 bridgehead atoms. The van der Waals surface area contributed by atoms with Gasteiger partial charge in [-0.2, -0.15) is 0 Å². The number of aliphatic imine (C=N–C) groups is 1. The van der Waals surface area contributed by atoms with Crippen LogP contribution in [0.5, 0.6) is 0 Å². The highest BCUT2D eigenvalue weighted by Gasteiger charge is 1.94. The molecule has 0 saturated carbocycles. The Morgan fingerprint density at radius 3 is 2.67 bits per heavy atom. The third kappa shape index (κ3) is 3.58. The molecule has 64 valence electrons. The van der Waals surface area contributed by atoms with Gasteiger partial charge in [-0.05, 0) is 28.2 Å². The zero-order valence-corrected chi connectivity index (χ0v) is 9.80. The van der Waals surface area contributed by atoms with Crippen molar-refractivity contribution in [3.05, 3.63) is 35.9 Å². The molecular weight excluding hydrogens is 281 g/mol. The summed E-state index contributed by atoms with van der Waals surface area (Å²) in [7, 11) is 1.82. The van der Waals surface area contributed by atoms with Crippen LogP contribution in [-0.4, -0.2) is 10.1 Å². The molecule has 1 nitrogen and oxygen atoms in total. The first-order chi connectivity index (χ1) is 5.83. The second-order valence-electron chi connectivity index (χ2n) is 2.25. The fourth-order valence-electron chi connectivity index (χ4n) is 0.782. The molecule has 0 aliphatic carbocycles. The molecule has 0 unspecified atom stereocenters. The summed E-state index contributed by atoms with van der Waals surface area (Å²) < 4.78 is 1.11. The van der Waals surface area contributed by atoms with Gasteiger partial charge in [0.15, 0.2) is 0 Å². The molecule has 1 rings (SSSR count). The second kappa shape index (κ2) is 5.59. The summed E-state index contributed by atoms with van der Waals surface area (Å²) in [6.07, 6.45) is 0. The van der Waals surface area contributed by atoms with Crippen molar-refractivity contribution in [3.8, 4) is 0 Å². The summed E-state index contributed by atoms with van der Waals surface area (Å²) in [5.74, 6) is 1.01. The van der Waals surface area contributed by atoms with Gasteiger partial charge in [-0.1, -0.05) is 42.1 Å². The van der Waals surface area contributed by atoms with Crippen molar-refractivity contribution in [1.29, 1.82) is 0 Å². The van der Waals surface area contributed by atoms with Gasteiger partial charge >= 0.3 is 0 Å². The number of hydrogen-bond donors (Lipinski definition) is 0. The van der Waals surface area contributed by atoms with Gasteiger partial charge in [0, 0.05) is 12.8 Å². The molecule has 0 radical (unpaired) electrons. The average Bonchev–Trinajstić information content (AvgIpc) is 2.16. The Hall–Kier alpha value is -0.0300. The zero-order valence-electron chi connectivity index (χ0n) is 6.83. The Labute approximate surface area is 90.8 Å². The minimum atomic E-state index is 1.01. The van der Waals surface area contributed by atoms with E-state index in [2.05, 4.69) is 51.8 Å². The first-order valence-corrected chi connectivity index (χ1v) is 5.68. The number of halogens is 1. The third-order valence-electron chi connectivity index (χ3n) is 1.38. The van der Waals surface area contributed by atoms with E-state index in [4.69, 9.17) is 0 Å². The highest BCUT2D eigenvalue weighted by Crippen LogP contribution is 2.16. The van der Waals surface area contributed by atoms with Crippen molar-refractivity contribution in [2.45, 2.75) is 5.75 Å². The molecule has 0 amide bonds. The highest BCUT2D eigenvalue weighted by atomic mass is 127. The molecule has 0 saturated heterocycles. The van der Waals surface area contributed by atoms with Gasteiger partial charge in [-0.3, -0.25) is 4.99 Å². The fourth-order valence-corrected chi connectivity index (χ4v) is 1.86. The minimum absolute atomic E-state index is 1.01. The van der Waals surface area contributed by atoms with E-state index < -0.39 is 0 Å². The van der Waals surface area contributed by atoms with Crippen LogP contribution in [0.25, 0.3) is 0 Å². The van der Waals surface area contributed by atoms with Gasteiger partial charge < -0.3 is 0 Å². The lowest BCUT2D eigenvalue weighted by molar-refractivity contribution is 1.42. The Kier molecular flexibility index (Phi) is 4.68. The smallest absolute Gasteiger partial charge is 0.128 e. The SMILES string of the molecule is C/N=C(\I)SCc1ccccc1. The molecule has 0 N–H and O–H groups in total. The molecule has 0 heterocycles. The average molecular weight is 291 g/mol. The van der Waals surface area contributed by atoms with E-state index in [1.54, 1.807) is 11.8 Å². The van der Waals surface area contributed by atoms with Gasteiger partial charge in [-0.15, -0.1) is 0 Å². The van der Waals surface area contributed by atoms with Crippen molar-refractivity contribution < 1.29 is 0 Å². The van der Waals surface area contributed by atoms with Crippen LogP contribution < -0.4 is 0 Å². The Balaban J connectivity index is 2.44. The van der Waals surface area contributed by atoms with Crippen molar-refractivity contribution in [2.75, 3.05) is 7.05 Å². The molecule has 0 aliphatic heterocycles. The molecule has 12 heavy (non-hydrogen) atoms. The van der Waals surface area contributed by atoms with Gasteiger partial charge in [0.05, 0.1) is 0 Å². The van der Waals surface area contributed by atoms with Crippen molar-refractivity contribution in [1.82, 2.24) is 0 Å². The molecule has 0 aromatic heterocycles. The lowest BCUT2D eigenvalue weighted by Crippen LogP contribution is -1.82. The van der Waals surface area contributed by atoms with Crippen molar-refractivity contribution in [2.24, 2.45) is 4.99 Å². The summed E-state index contributed by atoms with van der Waals surface area (Å²) in [4.78, 5) is 4.07. The first kappa shape index (κ1) is 10.1. The number of rotatable bonds is 2. The van der Waals surface area contributed by atoms with Crippen LogP contribution in [0.2, 0.25) is 0 Å². The Morgan fingerprint density at radius 1 is 1.42 bits per heavy atom. The van der Waals surface area contributed by atoms with Crippen LogP contribution in [-0.2, 0) is 5.75 Å². The van der Waals surface area contributed by atoms with Gasteiger partial charge in [0.25, 0.3) is 0 Å². The van der Waals surface area contributed by atoms with E-state index in [9.17, 15) is 0 Å². The molecule has 1 aromatic rings. The summed E-state index contributed by atoms with van der Waals surface area (Å²) in [5.41, 5.74) is 1.35. The van der Waals surface area contributed by atoms with Crippen LogP contribution in [0.3, 0.4) is 0 Å². The van der Waals surface area contributed by atoms with Gasteiger partial charge in [-0.25, -0.2) is 0 Å². The van der Waals surface area contributed by atoms with E-state index >= 15 is 0 Å². The minimum Gasteiger partial charge on any atom is -0.276 e. The lowest BCUT2D eigenvalue weighted by Gasteiger charge is -1.98. The number of hydrogen-bond acceptors (Lipinski definition) is 2. The summed E-state index contributed by atoms with van der Waals surface area (Å²) >= 11 is 4.01. The molecule has 0 atom stereocenters. The normalized spacial score (nSPS) is 11.7. The summed E-state index contributed by atoms with van der Waals surface area (Å²) in [6.45, 7) is 0. The maximum absolute atomic E-state index is 4.07. The number of thioether (sulfide) groups is 1. The van der Waals surface area contributed by atoms with E-state index in [0.717, 1.165) is 8.80 Å². The second-order valence-corrected chi connectivity index (χ2v) is 4.97. The predicted octanol–water partition coefficient (Wildman–Crippen LogP) is 3.34. The topological polar surface area (TPSA) is 12.4 Å². The largest absolute Gasteiger partial charge is 0.276 e. The van der Waals surface area contributed by atoms with E-state index in [0.29, 0.717) is 0 Å². The number of nitrogens with zero attached hydrogens (tertiary/aromatic N) is 1. The molecule has 1 aromatic carbocycles. The Morgan fingerprint density at radius 2 is 2.08 bits per heavy atom. The first-order valence-electron chi connectivity index (χ1n) is 3.62. The molecule has 0 aliphatic rings. The maximum atomic E-state index is 4.07. The lowest BCUT2D eigenvalue weighted by atomic mass is 10.2. The third-order valence-corrected chi connectivity index (χ3v) is 3.69. The quantitative estimate of drug-likeness (QED) is 0.462. The Bertz CT molecular complexity index is 258. The summed E-state index contributed by atoms with van der Waals surface area (Å²) in [5, 5.41) is 0. The van der Waals surface area contributed by atoms with Crippen molar-refractivity contribution in [3.63, 3.8) is 0 Å². The summed E-state index contributed by atoms with van der Waals surface area (Å²) in [6, 6.07) is 10.4.